The fraction of sp³-hybridized carbons (Fsp3) is 0.368. The zero-order valence-electron chi connectivity index (χ0n) is 15.7. The molecule has 1 aliphatic heterocycles. The number of ether oxygens (including phenoxy) is 2. The molecule has 3 aromatic rings. The summed E-state index contributed by atoms with van der Waals surface area (Å²) in [6.07, 6.45) is 1.16. The Morgan fingerprint density at radius 2 is 2.18 bits per heavy atom. The van der Waals surface area contributed by atoms with Crippen LogP contribution in [0.5, 0.6) is 5.75 Å². The van der Waals surface area contributed by atoms with Crippen LogP contribution in [0.15, 0.2) is 28.8 Å². The standard InChI is InChI=1S/C19H21N5O4/c1-26-7-6-15-22-19(28-24-15)17-21-14-9-12(10-20-18(25)16(14)23-17)11-4-3-5-13(8-11)27-2/h3-5,8,12H,6-7,9-10H2,1-2H3,(H,20,25)(H,21,23)/t12-/m1/s1. The molecule has 1 atom stereocenters. The lowest BCUT2D eigenvalue weighted by Gasteiger charge is -2.15. The van der Waals surface area contributed by atoms with E-state index in [4.69, 9.17) is 14.0 Å². The van der Waals surface area contributed by atoms with E-state index in [1.807, 2.05) is 24.3 Å². The van der Waals surface area contributed by atoms with Crippen molar-refractivity contribution in [2.24, 2.45) is 0 Å². The van der Waals surface area contributed by atoms with Crippen LogP contribution in [-0.2, 0) is 17.6 Å². The summed E-state index contributed by atoms with van der Waals surface area (Å²) in [5.41, 5.74) is 2.19. The second kappa shape index (κ2) is 7.81. The summed E-state index contributed by atoms with van der Waals surface area (Å²) in [4.78, 5) is 24.4. The van der Waals surface area contributed by atoms with Gasteiger partial charge in [0.05, 0.1) is 13.7 Å². The third-order valence-electron chi connectivity index (χ3n) is 4.72. The minimum atomic E-state index is -0.220. The predicted octanol–water partition coefficient (Wildman–Crippen LogP) is 1.73. The average Bonchev–Trinajstić information content (AvgIpc) is 3.33. The van der Waals surface area contributed by atoms with Crippen molar-refractivity contribution in [1.29, 1.82) is 0 Å². The van der Waals surface area contributed by atoms with Gasteiger partial charge in [0.25, 0.3) is 11.8 Å². The van der Waals surface area contributed by atoms with E-state index in [1.165, 1.54) is 0 Å². The van der Waals surface area contributed by atoms with Crippen LogP contribution in [0, 0.1) is 0 Å². The molecule has 9 heteroatoms. The van der Waals surface area contributed by atoms with Gasteiger partial charge in [-0.05, 0) is 24.1 Å². The number of nitrogens with zero attached hydrogens (tertiary/aromatic N) is 3. The van der Waals surface area contributed by atoms with Gasteiger partial charge in [-0.15, -0.1) is 0 Å². The number of imidazole rings is 1. The van der Waals surface area contributed by atoms with Gasteiger partial charge in [0.2, 0.25) is 0 Å². The third-order valence-corrected chi connectivity index (χ3v) is 4.72. The van der Waals surface area contributed by atoms with Gasteiger partial charge in [-0.25, -0.2) is 4.98 Å². The average molecular weight is 383 g/mol. The molecule has 0 saturated carbocycles. The van der Waals surface area contributed by atoms with Crippen LogP contribution in [0.4, 0.5) is 0 Å². The smallest absolute Gasteiger partial charge is 0.293 e. The van der Waals surface area contributed by atoms with Crippen LogP contribution in [0.1, 0.15) is 33.5 Å². The highest BCUT2D eigenvalue weighted by molar-refractivity contribution is 5.94. The van der Waals surface area contributed by atoms with Gasteiger partial charge in [-0.3, -0.25) is 4.79 Å². The molecule has 0 bridgehead atoms. The molecule has 0 unspecified atom stereocenters. The second-order valence-corrected chi connectivity index (χ2v) is 6.56. The molecular formula is C19H21N5O4. The van der Waals surface area contributed by atoms with Crippen LogP contribution in [0.3, 0.4) is 0 Å². The summed E-state index contributed by atoms with van der Waals surface area (Å²) in [6.45, 7) is 1.02. The minimum absolute atomic E-state index is 0.0912. The van der Waals surface area contributed by atoms with Crippen molar-refractivity contribution in [3.63, 3.8) is 0 Å². The molecule has 4 rings (SSSR count). The van der Waals surface area contributed by atoms with Crippen molar-refractivity contribution in [3.8, 4) is 17.5 Å². The summed E-state index contributed by atoms with van der Waals surface area (Å²) >= 11 is 0. The number of aromatic amines is 1. The lowest BCUT2D eigenvalue weighted by atomic mass is 9.94. The third kappa shape index (κ3) is 3.61. The van der Waals surface area contributed by atoms with Crippen molar-refractivity contribution in [2.75, 3.05) is 27.4 Å². The molecule has 0 fully saturated rings. The normalized spacial score (nSPS) is 16.4. The highest BCUT2D eigenvalue weighted by Crippen LogP contribution is 2.28. The predicted molar refractivity (Wildman–Crippen MR) is 99.2 cm³/mol. The number of rotatable bonds is 6. The molecule has 2 N–H and O–H groups in total. The molecule has 0 spiro atoms. The van der Waals surface area contributed by atoms with Gasteiger partial charge < -0.3 is 24.3 Å². The molecule has 9 nitrogen and oxygen atoms in total. The number of hydrogen-bond acceptors (Lipinski definition) is 7. The van der Waals surface area contributed by atoms with Gasteiger partial charge in [0.15, 0.2) is 11.6 Å². The first kappa shape index (κ1) is 18.2. The second-order valence-electron chi connectivity index (χ2n) is 6.56. The molecule has 2 aromatic heterocycles. The van der Waals surface area contributed by atoms with Crippen molar-refractivity contribution >= 4 is 5.91 Å². The van der Waals surface area contributed by atoms with Crippen LogP contribution >= 0.6 is 0 Å². The molecule has 0 saturated heterocycles. The number of hydrogen-bond donors (Lipinski definition) is 2. The van der Waals surface area contributed by atoms with E-state index in [0.717, 1.165) is 17.0 Å². The Bertz CT molecular complexity index is 980. The Labute approximate surface area is 161 Å². The maximum Gasteiger partial charge on any atom is 0.293 e. The van der Waals surface area contributed by atoms with E-state index in [9.17, 15) is 4.79 Å². The maximum absolute atomic E-state index is 12.5. The summed E-state index contributed by atoms with van der Waals surface area (Å²) < 4.78 is 15.6. The topological polar surface area (TPSA) is 115 Å². The summed E-state index contributed by atoms with van der Waals surface area (Å²) in [7, 11) is 3.25. The van der Waals surface area contributed by atoms with Gasteiger partial charge >= 0.3 is 0 Å². The fourth-order valence-electron chi connectivity index (χ4n) is 3.24. The number of benzene rings is 1. The number of carbonyl (C=O) groups excluding carboxylic acids is 1. The van der Waals surface area contributed by atoms with Crippen LogP contribution in [-0.4, -0.2) is 53.4 Å². The SMILES string of the molecule is COCCc1noc(-c2nc3c([nH]2)C[C@@H](c2cccc(OC)c2)CNC3=O)n1. The molecule has 28 heavy (non-hydrogen) atoms. The van der Waals surface area contributed by atoms with E-state index < -0.39 is 0 Å². The van der Waals surface area contributed by atoms with Crippen molar-refractivity contribution in [1.82, 2.24) is 25.4 Å². The Balaban J connectivity index is 1.61. The molecule has 3 heterocycles. The molecule has 0 radical (unpaired) electrons. The lowest BCUT2D eigenvalue weighted by molar-refractivity contribution is 0.0950. The summed E-state index contributed by atoms with van der Waals surface area (Å²) in [5, 5.41) is 6.85. The van der Waals surface area contributed by atoms with E-state index in [-0.39, 0.29) is 17.7 Å². The molecule has 1 aliphatic rings. The van der Waals surface area contributed by atoms with E-state index in [2.05, 4.69) is 25.4 Å². The fourth-order valence-corrected chi connectivity index (χ4v) is 3.24. The summed E-state index contributed by atoms with van der Waals surface area (Å²) in [6, 6.07) is 7.86. The summed E-state index contributed by atoms with van der Waals surface area (Å²) in [5.74, 6) is 1.83. The first-order chi connectivity index (χ1) is 13.7. The number of fused-ring (bicyclic) bond motifs is 1. The number of carbonyl (C=O) groups is 1. The number of methoxy groups -OCH3 is 2. The van der Waals surface area contributed by atoms with Crippen LogP contribution < -0.4 is 10.1 Å². The largest absolute Gasteiger partial charge is 0.497 e. The van der Waals surface area contributed by atoms with E-state index in [0.29, 0.717) is 43.3 Å². The van der Waals surface area contributed by atoms with E-state index >= 15 is 0 Å². The molecule has 1 aromatic carbocycles. The highest BCUT2D eigenvalue weighted by atomic mass is 16.5. The molecule has 1 amide bonds. The van der Waals surface area contributed by atoms with Crippen molar-refractivity contribution in [3.05, 3.63) is 47.0 Å². The molecular weight excluding hydrogens is 362 g/mol. The Hall–Kier alpha value is -3.20. The van der Waals surface area contributed by atoms with Gasteiger partial charge in [-0.1, -0.05) is 17.3 Å². The molecule has 0 aliphatic carbocycles. The Morgan fingerprint density at radius 3 is 3.00 bits per heavy atom. The zero-order chi connectivity index (χ0) is 19.5. The minimum Gasteiger partial charge on any atom is -0.497 e. The zero-order valence-corrected chi connectivity index (χ0v) is 15.7. The van der Waals surface area contributed by atoms with E-state index in [1.54, 1.807) is 14.2 Å². The highest BCUT2D eigenvalue weighted by Gasteiger charge is 2.28. The number of aromatic nitrogens is 4. The lowest BCUT2D eigenvalue weighted by Crippen LogP contribution is -2.26. The Kier molecular flexibility index (Phi) is 5.07. The van der Waals surface area contributed by atoms with Gasteiger partial charge in [0.1, 0.15) is 11.4 Å². The number of H-pyrrole nitrogens is 1. The first-order valence-corrected chi connectivity index (χ1v) is 9.01. The number of nitrogens with one attached hydrogen (secondary N) is 2. The first-order valence-electron chi connectivity index (χ1n) is 9.01. The van der Waals surface area contributed by atoms with Gasteiger partial charge in [-0.2, -0.15) is 4.98 Å². The van der Waals surface area contributed by atoms with Gasteiger partial charge in [0, 0.05) is 31.7 Å². The quantitative estimate of drug-likeness (QED) is 0.666. The Morgan fingerprint density at radius 1 is 1.29 bits per heavy atom. The van der Waals surface area contributed by atoms with Crippen molar-refractivity contribution in [2.45, 2.75) is 18.8 Å². The number of amides is 1. The van der Waals surface area contributed by atoms with Crippen LogP contribution in [0.2, 0.25) is 0 Å². The van der Waals surface area contributed by atoms with Crippen molar-refractivity contribution < 1.29 is 18.8 Å². The molecule has 146 valence electrons. The van der Waals surface area contributed by atoms with Crippen LogP contribution in [0.25, 0.3) is 11.7 Å². The monoisotopic (exact) mass is 383 g/mol. The maximum atomic E-state index is 12.5.